The summed E-state index contributed by atoms with van der Waals surface area (Å²) in [6.07, 6.45) is 10.4. The van der Waals surface area contributed by atoms with E-state index in [1.165, 1.54) is 44.6 Å². The molecule has 28 heavy (non-hydrogen) atoms. The van der Waals surface area contributed by atoms with Crippen LogP contribution in [-0.4, -0.2) is 22.8 Å². The Morgan fingerprint density at radius 1 is 1.18 bits per heavy atom. The summed E-state index contributed by atoms with van der Waals surface area (Å²) >= 11 is 6.30. The first-order valence-corrected chi connectivity index (χ1v) is 10.3. The molecule has 1 aromatic carbocycles. The molecule has 152 valence electrons. The first-order chi connectivity index (χ1) is 13.6. The molecule has 0 amide bonds. The number of halogens is 1. The smallest absolute Gasteiger partial charge is 0.252 e. The maximum atomic E-state index is 11.4. The third-order valence-corrected chi connectivity index (χ3v) is 4.56. The van der Waals surface area contributed by atoms with Crippen LogP contribution in [0.3, 0.4) is 0 Å². The van der Waals surface area contributed by atoms with E-state index >= 15 is 0 Å². The number of aryl methyl sites for hydroxylation is 1. The molecule has 0 saturated heterocycles. The van der Waals surface area contributed by atoms with Crippen molar-refractivity contribution in [3.05, 3.63) is 50.9 Å². The van der Waals surface area contributed by atoms with Gasteiger partial charge in [-0.3, -0.25) is 9.78 Å². The first-order valence-electron chi connectivity index (χ1n) is 9.88. The van der Waals surface area contributed by atoms with Gasteiger partial charge in [0.2, 0.25) is 5.95 Å². The lowest BCUT2D eigenvalue weighted by molar-refractivity contribution is 0.304. The SMILES string of the molecule is CCCCCCCCCOc1ccc(/C=N\Nc2nc(C)cc(=O)[nH]2)c(Cl)c1. The highest BCUT2D eigenvalue weighted by atomic mass is 35.5. The Morgan fingerprint density at radius 3 is 2.64 bits per heavy atom. The fraction of sp³-hybridized carbons (Fsp3) is 0.476. The third-order valence-electron chi connectivity index (χ3n) is 4.23. The largest absolute Gasteiger partial charge is 0.494 e. The maximum absolute atomic E-state index is 11.4. The van der Waals surface area contributed by atoms with Crippen LogP contribution in [0.2, 0.25) is 5.02 Å². The van der Waals surface area contributed by atoms with Gasteiger partial charge in [-0.05, 0) is 31.5 Å². The van der Waals surface area contributed by atoms with E-state index in [1.807, 2.05) is 12.1 Å². The van der Waals surface area contributed by atoms with Gasteiger partial charge >= 0.3 is 0 Å². The van der Waals surface area contributed by atoms with Gasteiger partial charge < -0.3 is 4.74 Å². The average Bonchev–Trinajstić information content (AvgIpc) is 2.65. The summed E-state index contributed by atoms with van der Waals surface area (Å²) in [5, 5.41) is 4.62. The van der Waals surface area contributed by atoms with E-state index in [9.17, 15) is 4.79 Å². The Balaban J connectivity index is 1.76. The molecule has 0 atom stereocenters. The minimum atomic E-state index is -0.231. The van der Waals surface area contributed by atoms with E-state index in [0.29, 0.717) is 17.3 Å². The van der Waals surface area contributed by atoms with Gasteiger partial charge in [0.1, 0.15) is 5.75 Å². The average molecular weight is 405 g/mol. The molecule has 0 unspecified atom stereocenters. The van der Waals surface area contributed by atoms with Crippen LogP contribution < -0.4 is 15.7 Å². The summed E-state index contributed by atoms with van der Waals surface area (Å²) in [6, 6.07) is 6.93. The van der Waals surface area contributed by atoms with Crippen LogP contribution in [0.5, 0.6) is 5.75 Å². The number of aromatic nitrogens is 2. The highest BCUT2D eigenvalue weighted by molar-refractivity contribution is 6.33. The maximum Gasteiger partial charge on any atom is 0.252 e. The van der Waals surface area contributed by atoms with E-state index < -0.39 is 0 Å². The van der Waals surface area contributed by atoms with Gasteiger partial charge in [-0.1, -0.05) is 57.0 Å². The topological polar surface area (TPSA) is 79.4 Å². The molecular weight excluding hydrogens is 376 g/mol. The van der Waals surface area contributed by atoms with E-state index in [-0.39, 0.29) is 11.5 Å². The van der Waals surface area contributed by atoms with Gasteiger partial charge in [0.15, 0.2) is 0 Å². The number of unbranched alkanes of at least 4 members (excludes halogenated alkanes) is 6. The van der Waals surface area contributed by atoms with E-state index in [4.69, 9.17) is 16.3 Å². The van der Waals surface area contributed by atoms with E-state index in [1.54, 1.807) is 19.2 Å². The zero-order chi connectivity index (χ0) is 20.2. The van der Waals surface area contributed by atoms with Crippen LogP contribution in [0, 0.1) is 6.92 Å². The summed E-state index contributed by atoms with van der Waals surface area (Å²) in [7, 11) is 0. The van der Waals surface area contributed by atoms with Crippen molar-refractivity contribution in [1.29, 1.82) is 0 Å². The van der Waals surface area contributed by atoms with Gasteiger partial charge in [0.25, 0.3) is 5.56 Å². The number of nitrogens with zero attached hydrogens (tertiary/aromatic N) is 2. The van der Waals surface area contributed by atoms with Crippen LogP contribution in [0.1, 0.15) is 63.1 Å². The molecule has 6 nitrogen and oxygen atoms in total. The van der Waals surface area contributed by atoms with Gasteiger partial charge in [-0.2, -0.15) is 5.10 Å². The molecule has 2 aromatic rings. The van der Waals surface area contributed by atoms with Crippen LogP contribution in [0.15, 0.2) is 34.2 Å². The number of H-pyrrole nitrogens is 1. The molecule has 0 radical (unpaired) electrons. The molecule has 1 aromatic heterocycles. The Morgan fingerprint density at radius 2 is 1.93 bits per heavy atom. The molecule has 0 saturated carbocycles. The second kappa shape index (κ2) is 12.2. The summed E-state index contributed by atoms with van der Waals surface area (Å²) in [6.45, 7) is 4.67. The highest BCUT2D eigenvalue weighted by Crippen LogP contribution is 2.22. The standard InChI is InChI=1S/C21H29ClN4O2/c1-3-4-5-6-7-8-9-12-28-18-11-10-17(19(22)14-18)15-23-26-21-24-16(2)13-20(27)25-21/h10-11,13-15H,3-9,12H2,1-2H3,(H2,24,25,26,27)/b23-15-. The van der Waals surface area contributed by atoms with Gasteiger partial charge in [-0.25, -0.2) is 10.4 Å². The van der Waals surface area contributed by atoms with Crippen LogP contribution in [0.25, 0.3) is 0 Å². The van der Waals surface area contributed by atoms with Crippen molar-refractivity contribution in [1.82, 2.24) is 9.97 Å². The lowest BCUT2D eigenvalue weighted by Gasteiger charge is -2.08. The molecular formula is C21H29ClN4O2. The molecule has 7 heteroatoms. The monoisotopic (exact) mass is 404 g/mol. The Hall–Kier alpha value is -2.34. The fourth-order valence-corrected chi connectivity index (χ4v) is 2.97. The van der Waals surface area contributed by atoms with Crippen molar-refractivity contribution in [2.75, 3.05) is 12.0 Å². The first kappa shape index (κ1) is 22.0. The van der Waals surface area contributed by atoms with Crippen molar-refractivity contribution in [2.45, 2.75) is 58.8 Å². The molecule has 0 aliphatic heterocycles. The van der Waals surface area contributed by atoms with Crippen LogP contribution >= 0.6 is 11.6 Å². The number of aromatic amines is 1. The Kier molecular flexibility index (Phi) is 9.55. The molecule has 2 N–H and O–H groups in total. The summed E-state index contributed by atoms with van der Waals surface area (Å²) in [5.74, 6) is 1.04. The second-order valence-corrected chi connectivity index (χ2v) is 7.17. The lowest BCUT2D eigenvalue weighted by atomic mass is 10.1. The number of ether oxygens (including phenoxy) is 1. The van der Waals surface area contributed by atoms with Crippen molar-refractivity contribution in [2.24, 2.45) is 5.10 Å². The molecule has 0 aliphatic rings. The predicted molar refractivity (Wildman–Crippen MR) is 116 cm³/mol. The zero-order valence-electron chi connectivity index (χ0n) is 16.6. The van der Waals surface area contributed by atoms with Crippen LogP contribution in [-0.2, 0) is 0 Å². The second-order valence-electron chi connectivity index (χ2n) is 6.76. The minimum Gasteiger partial charge on any atom is -0.494 e. The fourth-order valence-electron chi connectivity index (χ4n) is 2.75. The van der Waals surface area contributed by atoms with Crippen molar-refractivity contribution >= 4 is 23.8 Å². The quantitative estimate of drug-likeness (QED) is 0.285. The molecule has 0 fully saturated rings. The van der Waals surface area contributed by atoms with E-state index in [0.717, 1.165) is 17.7 Å². The van der Waals surface area contributed by atoms with Gasteiger partial charge in [0.05, 0.1) is 17.8 Å². The Labute approximate surface area is 171 Å². The lowest BCUT2D eigenvalue weighted by Crippen LogP contribution is -2.10. The molecule has 0 bridgehead atoms. The molecule has 0 spiro atoms. The van der Waals surface area contributed by atoms with Gasteiger partial charge in [0, 0.05) is 17.3 Å². The number of nitrogens with one attached hydrogen (secondary N) is 2. The normalized spacial score (nSPS) is 11.1. The summed E-state index contributed by atoms with van der Waals surface area (Å²) in [5.41, 5.74) is 3.82. The van der Waals surface area contributed by atoms with Crippen molar-refractivity contribution < 1.29 is 4.74 Å². The Bertz CT molecular complexity index is 820. The number of hydrogen-bond donors (Lipinski definition) is 2. The van der Waals surface area contributed by atoms with Crippen molar-refractivity contribution in [3.8, 4) is 5.75 Å². The summed E-state index contributed by atoms with van der Waals surface area (Å²) < 4.78 is 5.78. The van der Waals surface area contributed by atoms with Crippen molar-refractivity contribution in [3.63, 3.8) is 0 Å². The molecule has 1 heterocycles. The van der Waals surface area contributed by atoms with Crippen LogP contribution in [0.4, 0.5) is 5.95 Å². The summed E-state index contributed by atoms with van der Waals surface area (Å²) in [4.78, 5) is 18.1. The minimum absolute atomic E-state index is 0.231. The predicted octanol–water partition coefficient (Wildman–Crippen LogP) is 5.31. The zero-order valence-corrected chi connectivity index (χ0v) is 17.4. The highest BCUT2D eigenvalue weighted by Gasteiger charge is 2.02. The molecule has 0 aliphatic carbocycles. The number of hydrogen-bond acceptors (Lipinski definition) is 5. The number of benzene rings is 1. The van der Waals surface area contributed by atoms with Gasteiger partial charge in [-0.15, -0.1) is 0 Å². The number of hydrazone groups is 1. The number of anilines is 1. The number of rotatable bonds is 12. The van der Waals surface area contributed by atoms with E-state index in [2.05, 4.69) is 27.4 Å². The third kappa shape index (κ3) is 8.13. The molecule has 2 rings (SSSR count).